The Morgan fingerprint density at radius 3 is 3.00 bits per heavy atom. The second kappa shape index (κ2) is 2.95. The number of carboxylic acid groups (broad SMARTS) is 1. The van der Waals surface area contributed by atoms with Gasteiger partial charge in [-0.05, 0) is 12.5 Å². The largest absolute Gasteiger partial charge is 0.476 e. The number of carboxylic acids is 1. The molecule has 0 fully saturated rings. The first kappa shape index (κ1) is 8.96. The van der Waals surface area contributed by atoms with Crippen molar-refractivity contribution in [2.24, 2.45) is 0 Å². The lowest BCUT2D eigenvalue weighted by atomic mass is 10.4. The number of rotatable bonds is 1. The first-order valence-corrected chi connectivity index (χ1v) is 4.21. The molecule has 0 amide bonds. The minimum absolute atomic E-state index is 0.0671. The van der Waals surface area contributed by atoms with Crippen molar-refractivity contribution in [3.63, 3.8) is 0 Å². The Morgan fingerprint density at radius 2 is 2.36 bits per heavy atom. The number of fused-ring (bicyclic) bond motifs is 1. The average Bonchev–Trinajstić information content (AvgIpc) is 2.43. The van der Waals surface area contributed by atoms with Crippen LogP contribution in [0.3, 0.4) is 0 Å². The minimum atomic E-state index is -1.15. The van der Waals surface area contributed by atoms with Crippen LogP contribution in [0.5, 0.6) is 0 Å². The van der Waals surface area contributed by atoms with Crippen molar-refractivity contribution in [1.29, 1.82) is 0 Å². The molecule has 0 atom stereocenters. The summed E-state index contributed by atoms with van der Waals surface area (Å²) in [7, 11) is 0. The molecule has 72 valence electrons. The van der Waals surface area contributed by atoms with Crippen LogP contribution in [0.15, 0.2) is 12.4 Å². The second-order valence-corrected chi connectivity index (χ2v) is 3.25. The fourth-order valence-corrected chi connectivity index (χ4v) is 1.39. The highest BCUT2D eigenvalue weighted by Crippen LogP contribution is 2.19. The van der Waals surface area contributed by atoms with E-state index < -0.39 is 5.97 Å². The standard InChI is InChI=1S/C8H6ClN3O2/c1-4-2-10-7-5(9)6(8(13)14)11-12(7)3-4/h2-3H,1H3,(H,13,14). The van der Waals surface area contributed by atoms with E-state index in [1.165, 1.54) is 4.52 Å². The van der Waals surface area contributed by atoms with Gasteiger partial charge in [0.2, 0.25) is 0 Å². The predicted molar refractivity (Wildman–Crippen MR) is 49.7 cm³/mol. The van der Waals surface area contributed by atoms with Gasteiger partial charge in [0, 0.05) is 12.4 Å². The second-order valence-electron chi connectivity index (χ2n) is 2.87. The van der Waals surface area contributed by atoms with E-state index in [1.54, 1.807) is 12.4 Å². The van der Waals surface area contributed by atoms with Crippen molar-refractivity contribution in [2.45, 2.75) is 6.92 Å². The third-order valence-electron chi connectivity index (χ3n) is 1.75. The summed E-state index contributed by atoms with van der Waals surface area (Å²) in [6, 6.07) is 0. The molecule has 6 heteroatoms. The monoisotopic (exact) mass is 211 g/mol. The normalized spacial score (nSPS) is 10.7. The average molecular weight is 212 g/mol. The van der Waals surface area contributed by atoms with Crippen molar-refractivity contribution in [3.05, 3.63) is 28.7 Å². The molecule has 2 rings (SSSR count). The molecule has 0 saturated heterocycles. The molecule has 0 aliphatic rings. The number of aryl methyl sites for hydroxylation is 1. The summed E-state index contributed by atoms with van der Waals surface area (Å²) < 4.78 is 1.36. The Morgan fingerprint density at radius 1 is 1.64 bits per heavy atom. The maximum atomic E-state index is 10.7. The Labute approximate surface area is 83.9 Å². The van der Waals surface area contributed by atoms with E-state index >= 15 is 0 Å². The smallest absolute Gasteiger partial charge is 0.358 e. The van der Waals surface area contributed by atoms with Gasteiger partial charge < -0.3 is 5.11 Å². The SMILES string of the molecule is Cc1cnc2c(Cl)c(C(=O)O)nn2c1. The van der Waals surface area contributed by atoms with Gasteiger partial charge in [-0.15, -0.1) is 0 Å². The first-order valence-electron chi connectivity index (χ1n) is 3.83. The number of hydrogen-bond donors (Lipinski definition) is 1. The van der Waals surface area contributed by atoms with Gasteiger partial charge in [-0.25, -0.2) is 14.3 Å². The molecule has 14 heavy (non-hydrogen) atoms. The zero-order valence-electron chi connectivity index (χ0n) is 7.23. The number of halogens is 1. The van der Waals surface area contributed by atoms with Gasteiger partial charge in [-0.1, -0.05) is 11.6 Å². The quantitative estimate of drug-likeness (QED) is 0.774. The summed E-state index contributed by atoms with van der Waals surface area (Å²) in [5.41, 5.74) is 1.06. The molecule has 1 N–H and O–H groups in total. The van der Waals surface area contributed by atoms with Gasteiger partial charge in [0.25, 0.3) is 0 Å². The molecule has 2 aromatic rings. The van der Waals surface area contributed by atoms with Gasteiger partial charge in [-0.2, -0.15) is 5.10 Å². The molecule has 0 bridgehead atoms. The van der Waals surface area contributed by atoms with Gasteiger partial charge in [-0.3, -0.25) is 0 Å². The van der Waals surface area contributed by atoms with Crippen LogP contribution in [0.4, 0.5) is 0 Å². The lowest BCUT2D eigenvalue weighted by molar-refractivity contribution is 0.0690. The van der Waals surface area contributed by atoms with Crippen LogP contribution >= 0.6 is 11.6 Å². The summed E-state index contributed by atoms with van der Waals surface area (Å²) in [4.78, 5) is 14.7. The summed E-state index contributed by atoms with van der Waals surface area (Å²) >= 11 is 5.78. The number of aromatic nitrogens is 3. The molecule has 2 heterocycles. The van der Waals surface area contributed by atoms with E-state index in [1.807, 2.05) is 6.92 Å². The molecule has 2 aromatic heterocycles. The lowest BCUT2D eigenvalue weighted by Crippen LogP contribution is -1.98. The molecule has 5 nitrogen and oxygen atoms in total. The van der Waals surface area contributed by atoms with E-state index in [2.05, 4.69) is 10.1 Å². The van der Waals surface area contributed by atoms with E-state index in [-0.39, 0.29) is 10.7 Å². The molecule has 0 spiro atoms. The fraction of sp³-hybridized carbons (Fsp3) is 0.125. The lowest BCUT2D eigenvalue weighted by Gasteiger charge is -1.92. The van der Waals surface area contributed by atoms with E-state index in [4.69, 9.17) is 16.7 Å². The van der Waals surface area contributed by atoms with Crippen LogP contribution in [-0.2, 0) is 0 Å². The molecule has 0 aliphatic heterocycles. The number of hydrogen-bond acceptors (Lipinski definition) is 3. The molecular weight excluding hydrogens is 206 g/mol. The molecule has 0 radical (unpaired) electrons. The third kappa shape index (κ3) is 1.22. The van der Waals surface area contributed by atoms with Crippen molar-refractivity contribution in [1.82, 2.24) is 14.6 Å². The Balaban J connectivity index is 2.79. The predicted octanol–water partition coefficient (Wildman–Crippen LogP) is 1.39. The van der Waals surface area contributed by atoms with Crippen LogP contribution in [-0.4, -0.2) is 25.7 Å². The topological polar surface area (TPSA) is 67.5 Å². The van der Waals surface area contributed by atoms with Crippen LogP contribution in [0, 0.1) is 6.92 Å². The zero-order chi connectivity index (χ0) is 10.3. The van der Waals surface area contributed by atoms with Crippen molar-refractivity contribution in [3.8, 4) is 0 Å². The summed E-state index contributed by atoms with van der Waals surface area (Å²) in [6.45, 7) is 1.84. The highest BCUT2D eigenvalue weighted by molar-refractivity contribution is 6.36. The van der Waals surface area contributed by atoms with Crippen LogP contribution < -0.4 is 0 Å². The van der Waals surface area contributed by atoms with Gasteiger partial charge in [0.1, 0.15) is 5.02 Å². The van der Waals surface area contributed by atoms with Crippen LogP contribution in [0.1, 0.15) is 16.1 Å². The molecule has 0 aromatic carbocycles. The zero-order valence-corrected chi connectivity index (χ0v) is 7.99. The number of aromatic carboxylic acids is 1. The maximum absolute atomic E-state index is 10.7. The maximum Gasteiger partial charge on any atom is 0.358 e. The third-order valence-corrected chi connectivity index (χ3v) is 2.10. The van der Waals surface area contributed by atoms with E-state index in [0.29, 0.717) is 5.65 Å². The molecular formula is C8H6ClN3O2. The number of carbonyl (C=O) groups is 1. The highest BCUT2D eigenvalue weighted by Gasteiger charge is 2.17. The van der Waals surface area contributed by atoms with Crippen molar-refractivity contribution >= 4 is 23.2 Å². The van der Waals surface area contributed by atoms with Gasteiger partial charge in [0.05, 0.1) is 0 Å². The minimum Gasteiger partial charge on any atom is -0.476 e. The number of nitrogens with zero attached hydrogens (tertiary/aromatic N) is 3. The van der Waals surface area contributed by atoms with Crippen molar-refractivity contribution in [2.75, 3.05) is 0 Å². The Kier molecular flexibility index (Phi) is 1.89. The highest BCUT2D eigenvalue weighted by atomic mass is 35.5. The first-order chi connectivity index (χ1) is 6.59. The van der Waals surface area contributed by atoms with Crippen LogP contribution in [0.25, 0.3) is 5.65 Å². The molecule has 0 saturated carbocycles. The summed E-state index contributed by atoms with van der Waals surface area (Å²) in [5.74, 6) is -1.15. The molecule has 0 unspecified atom stereocenters. The Bertz CT molecular complexity index is 521. The summed E-state index contributed by atoms with van der Waals surface area (Å²) in [6.07, 6.45) is 3.27. The van der Waals surface area contributed by atoms with E-state index in [0.717, 1.165) is 5.56 Å². The fourth-order valence-electron chi connectivity index (χ4n) is 1.14. The van der Waals surface area contributed by atoms with Crippen molar-refractivity contribution < 1.29 is 9.90 Å². The summed E-state index contributed by atoms with van der Waals surface area (Å²) in [5, 5.41) is 12.6. The Hall–Kier alpha value is -1.62. The molecule has 0 aliphatic carbocycles. The van der Waals surface area contributed by atoms with E-state index in [9.17, 15) is 4.79 Å². The van der Waals surface area contributed by atoms with Crippen LogP contribution in [0.2, 0.25) is 5.02 Å². The van der Waals surface area contributed by atoms with Gasteiger partial charge >= 0.3 is 5.97 Å². The van der Waals surface area contributed by atoms with Gasteiger partial charge in [0.15, 0.2) is 11.3 Å².